The van der Waals surface area contributed by atoms with Gasteiger partial charge in [0.15, 0.2) is 11.5 Å². The van der Waals surface area contributed by atoms with Gasteiger partial charge in [-0.3, -0.25) is 4.68 Å². The topological polar surface area (TPSA) is 57.5 Å². The van der Waals surface area contributed by atoms with Crippen molar-refractivity contribution >= 4 is 0 Å². The smallest absolute Gasteiger partial charge is 0.161 e. The summed E-state index contributed by atoms with van der Waals surface area (Å²) in [5, 5.41) is 7.81. The molecule has 0 bridgehead atoms. The fourth-order valence-electron chi connectivity index (χ4n) is 3.40. The van der Waals surface area contributed by atoms with Crippen LogP contribution in [0.15, 0.2) is 30.6 Å². The molecule has 1 aromatic carbocycles. The van der Waals surface area contributed by atoms with Crippen LogP contribution >= 0.6 is 0 Å². The van der Waals surface area contributed by atoms with Crippen LogP contribution in [0.2, 0.25) is 0 Å². The Bertz CT molecular complexity index is 701. The van der Waals surface area contributed by atoms with Crippen LogP contribution in [-0.4, -0.2) is 36.1 Å². The Morgan fingerprint density at radius 3 is 2.92 bits per heavy atom. The van der Waals surface area contributed by atoms with E-state index in [1.54, 1.807) is 0 Å². The maximum absolute atomic E-state index is 5.91. The largest absolute Gasteiger partial charge is 0.486 e. The third-order valence-electron chi connectivity index (χ3n) is 4.61. The molecule has 2 aromatic rings. The number of nitrogens with zero attached hydrogens (tertiary/aromatic N) is 2. The van der Waals surface area contributed by atoms with Gasteiger partial charge in [-0.2, -0.15) is 5.10 Å². The molecule has 3 heterocycles. The fraction of sp³-hybridized carbons (Fsp3) is 0.500. The Balaban J connectivity index is 1.33. The second kappa shape index (κ2) is 6.83. The number of aromatic nitrogens is 2. The van der Waals surface area contributed by atoms with Crippen molar-refractivity contribution < 1.29 is 14.2 Å². The Kier molecular flexibility index (Phi) is 4.40. The Morgan fingerprint density at radius 1 is 1.21 bits per heavy atom. The number of fused-ring (bicyclic) bond motifs is 1. The van der Waals surface area contributed by atoms with Gasteiger partial charge in [-0.05, 0) is 24.1 Å². The number of benzene rings is 1. The number of hydrogen-bond donors (Lipinski definition) is 1. The van der Waals surface area contributed by atoms with E-state index in [2.05, 4.69) is 22.5 Å². The molecule has 6 nitrogen and oxygen atoms in total. The number of hydrogen-bond acceptors (Lipinski definition) is 5. The summed E-state index contributed by atoms with van der Waals surface area (Å²) in [6, 6.07) is 6.14. The molecule has 6 heteroatoms. The molecule has 24 heavy (non-hydrogen) atoms. The normalized spacial score (nSPS) is 22.7. The second-order valence-electron chi connectivity index (χ2n) is 6.40. The van der Waals surface area contributed by atoms with Gasteiger partial charge in [0, 0.05) is 44.4 Å². The average Bonchev–Trinajstić information content (AvgIpc) is 3.23. The highest BCUT2D eigenvalue weighted by molar-refractivity contribution is 5.43. The molecular weight excluding hydrogens is 306 g/mol. The summed E-state index contributed by atoms with van der Waals surface area (Å²) < 4.78 is 18.9. The molecule has 0 amide bonds. The first-order valence-corrected chi connectivity index (χ1v) is 8.49. The van der Waals surface area contributed by atoms with Crippen LogP contribution < -0.4 is 14.8 Å². The molecule has 1 saturated heterocycles. The first kappa shape index (κ1) is 15.5. The van der Waals surface area contributed by atoms with Crippen molar-refractivity contribution in [3.8, 4) is 11.5 Å². The van der Waals surface area contributed by atoms with Crippen LogP contribution in [-0.2, 0) is 18.3 Å². The highest BCUT2D eigenvalue weighted by Gasteiger charge is 2.30. The average molecular weight is 329 g/mol. The van der Waals surface area contributed by atoms with E-state index in [9.17, 15) is 0 Å². The van der Waals surface area contributed by atoms with Crippen molar-refractivity contribution in [1.29, 1.82) is 0 Å². The van der Waals surface area contributed by atoms with Crippen molar-refractivity contribution in [2.75, 3.05) is 26.4 Å². The van der Waals surface area contributed by atoms with Crippen molar-refractivity contribution in [3.63, 3.8) is 0 Å². The number of aryl methyl sites for hydroxylation is 1. The van der Waals surface area contributed by atoms with E-state index in [-0.39, 0.29) is 6.10 Å². The summed E-state index contributed by atoms with van der Waals surface area (Å²) in [7, 11) is 1.94. The van der Waals surface area contributed by atoms with E-state index >= 15 is 0 Å². The minimum Gasteiger partial charge on any atom is -0.486 e. The van der Waals surface area contributed by atoms with Crippen molar-refractivity contribution in [2.24, 2.45) is 13.0 Å². The monoisotopic (exact) mass is 329 g/mol. The lowest BCUT2D eigenvalue weighted by Crippen LogP contribution is -2.24. The van der Waals surface area contributed by atoms with E-state index < -0.39 is 0 Å². The van der Waals surface area contributed by atoms with Gasteiger partial charge in [-0.15, -0.1) is 0 Å². The molecule has 1 fully saturated rings. The van der Waals surface area contributed by atoms with Gasteiger partial charge in [-0.25, -0.2) is 0 Å². The Labute approximate surface area is 141 Å². The number of ether oxygens (including phenoxy) is 3. The quantitative estimate of drug-likeness (QED) is 0.910. The van der Waals surface area contributed by atoms with Gasteiger partial charge in [0.05, 0.1) is 12.3 Å². The summed E-state index contributed by atoms with van der Waals surface area (Å²) in [6.45, 7) is 3.80. The second-order valence-corrected chi connectivity index (χ2v) is 6.40. The lowest BCUT2D eigenvalue weighted by molar-refractivity contribution is 0.0904. The molecule has 0 aliphatic carbocycles. The first-order valence-electron chi connectivity index (χ1n) is 8.49. The molecule has 1 aromatic heterocycles. The number of nitrogens with one attached hydrogen (secondary N) is 1. The molecule has 2 aliphatic rings. The minimum absolute atomic E-state index is 0.145. The highest BCUT2D eigenvalue weighted by atomic mass is 16.6. The molecule has 2 atom stereocenters. The minimum atomic E-state index is 0.145. The molecule has 0 unspecified atom stereocenters. The van der Waals surface area contributed by atoms with Gasteiger partial charge in [0.25, 0.3) is 0 Å². The molecule has 1 N–H and O–H groups in total. The molecular formula is C18H23N3O3. The summed E-state index contributed by atoms with van der Waals surface area (Å²) >= 11 is 0. The van der Waals surface area contributed by atoms with Crippen LogP contribution in [0.5, 0.6) is 11.5 Å². The van der Waals surface area contributed by atoms with Crippen LogP contribution in [0.4, 0.5) is 0 Å². The lowest BCUT2D eigenvalue weighted by atomic mass is 9.97. The molecule has 0 spiro atoms. The van der Waals surface area contributed by atoms with E-state index in [0.717, 1.165) is 37.6 Å². The molecule has 0 saturated carbocycles. The van der Waals surface area contributed by atoms with Crippen LogP contribution in [0.1, 0.15) is 23.7 Å². The standard InChI is InChI=1S/C18H23N3O3/c1-21-12-15(11-20-21)18-14(4-5-24-18)10-19-9-13-2-3-16-17(8-13)23-7-6-22-16/h2-3,8,11-12,14,18-19H,4-7,9-10H2,1H3/t14-,18-/m0/s1. The molecule has 4 rings (SSSR count). The molecule has 2 aliphatic heterocycles. The fourth-order valence-corrected chi connectivity index (χ4v) is 3.40. The third-order valence-corrected chi connectivity index (χ3v) is 4.61. The Hall–Kier alpha value is -2.05. The third kappa shape index (κ3) is 3.25. The SMILES string of the molecule is Cn1cc([C@H]2OCC[C@H]2CNCc2ccc3c(c2)OCCO3)cn1. The highest BCUT2D eigenvalue weighted by Crippen LogP contribution is 2.34. The molecule has 128 valence electrons. The predicted molar refractivity (Wildman–Crippen MR) is 89.1 cm³/mol. The predicted octanol–water partition coefficient (Wildman–Crippen LogP) is 2.06. The van der Waals surface area contributed by atoms with Gasteiger partial charge >= 0.3 is 0 Å². The van der Waals surface area contributed by atoms with Gasteiger partial charge in [0.1, 0.15) is 13.2 Å². The zero-order valence-electron chi connectivity index (χ0n) is 13.9. The van der Waals surface area contributed by atoms with E-state index in [4.69, 9.17) is 14.2 Å². The van der Waals surface area contributed by atoms with Crippen LogP contribution in [0.25, 0.3) is 0 Å². The lowest BCUT2D eigenvalue weighted by Gasteiger charge is -2.20. The van der Waals surface area contributed by atoms with E-state index in [0.29, 0.717) is 19.1 Å². The van der Waals surface area contributed by atoms with E-state index in [1.165, 1.54) is 11.1 Å². The summed E-state index contributed by atoms with van der Waals surface area (Å²) in [6.07, 6.45) is 5.17. The zero-order chi connectivity index (χ0) is 16.4. The van der Waals surface area contributed by atoms with Gasteiger partial charge < -0.3 is 19.5 Å². The maximum atomic E-state index is 5.91. The van der Waals surface area contributed by atoms with Crippen molar-refractivity contribution in [2.45, 2.75) is 19.1 Å². The first-order chi connectivity index (χ1) is 11.8. The van der Waals surface area contributed by atoms with Crippen LogP contribution in [0.3, 0.4) is 0 Å². The molecule has 0 radical (unpaired) electrons. The van der Waals surface area contributed by atoms with Gasteiger partial charge in [-0.1, -0.05) is 6.07 Å². The summed E-state index contributed by atoms with van der Waals surface area (Å²) in [5.41, 5.74) is 2.37. The zero-order valence-corrected chi connectivity index (χ0v) is 13.9. The van der Waals surface area contributed by atoms with Crippen molar-refractivity contribution in [3.05, 3.63) is 41.7 Å². The summed E-state index contributed by atoms with van der Waals surface area (Å²) in [5.74, 6) is 2.16. The van der Waals surface area contributed by atoms with Crippen LogP contribution in [0, 0.1) is 5.92 Å². The maximum Gasteiger partial charge on any atom is 0.161 e. The van der Waals surface area contributed by atoms with Crippen molar-refractivity contribution in [1.82, 2.24) is 15.1 Å². The Morgan fingerprint density at radius 2 is 2.08 bits per heavy atom. The van der Waals surface area contributed by atoms with Gasteiger partial charge in [0.2, 0.25) is 0 Å². The van der Waals surface area contributed by atoms with E-state index in [1.807, 2.05) is 30.2 Å². The number of rotatable bonds is 5. The summed E-state index contributed by atoms with van der Waals surface area (Å²) in [4.78, 5) is 0.